The van der Waals surface area contributed by atoms with Gasteiger partial charge >= 0.3 is 6.18 Å². The topological polar surface area (TPSA) is 68.3 Å². The second-order valence-corrected chi connectivity index (χ2v) is 4.24. The second-order valence-electron chi connectivity index (χ2n) is 4.24. The molecule has 0 aliphatic carbocycles. The quantitative estimate of drug-likeness (QED) is 0.672. The molecule has 0 unspecified atom stereocenters. The minimum atomic E-state index is -4.61. The van der Waals surface area contributed by atoms with Gasteiger partial charge in [0.05, 0.1) is 16.7 Å². The van der Waals surface area contributed by atoms with Gasteiger partial charge in [-0.2, -0.15) is 13.2 Å². The molecule has 1 aromatic carbocycles. The lowest BCUT2D eigenvalue weighted by Gasteiger charge is -2.10. The summed E-state index contributed by atoms with van der Waals surface area (Å²) in [5.41, 5.74) is -1.62. The Kier molecular flexibility index (Phi) is 4.15. The van der Waals surface area contributed by atoms with Crippen molar-refractivity contribution >= 4 is 11.4 Å². The highest BCUT2D eigenvalue weighted by Crippen LogP contribution is 2.34. The molecule has 5 nitrogen and oxygen atoms in total. The number of alkyl halides is 3. The fourth-order valence-electron chi connectivity index (χ4n) is 1.78. The summed E-state index contributed by atoms with van der Waals surface area (Å²) < 4.78 is 42.7. The highest BCUT2D eigenvalue weighted by molar-refractivity contribution is 5.63. The monoisotopic (exact) mass is 300 g/mol. The van der Waals surface area contributed by atoms with E-state index in [2.05, 4.69) is 5.32 Å². The Labute approximate surface area is 117 Å². The van der Waals surface area contributed by atoms with Crippen LogP contribution >= 0.6 is 0 Å². The summed E-state index contributed by atoms with van der Waals surface area (Å²) in [5.74, 6) is 0.678. The Morgan fingerprint density at radius 3 is 2.62 bits per heavy atom. The van der Waals surface area contributed by atoms with Gasteiger partial charge in [-0.3, -0.25) is 10.1 Å². The average Bonchev–Trinajstić information content (AvgIpc) is 2.90. The van der Waals surface area contributed by atoms with Gasteiger partial charge < -0.3 is 9.73 Å². The van der Waals surface area contributed by atoms with Crippen LogP contribution in [0.5, 0.6) is 0 Å². The van der Waals surface area contributed by atoms with E-state index in [0.29, 0.717) is 24.8 Å². The van der Waals surface area contributed by atoms with Crippen LogP contribution in [0.2, 0.25) is 0 Å². The molecular weight excluding hydrogens is 289 g/mol. The number of nitrogens with zero attached hydrogens (tertiary/aromatic N) is 1. The molecule has 0 aliphatic rings. The van der Waals surface area contributed by atoms with Crippen molar-refractivity contribution in [2.24, 2.45) is 0 Å². The number of nitro groups is 1. The molecular formula is C13H11F3N2O3. The van der Waals surface area contributed by atoms with Gasteiger partial charge in [-0.15, -0.1) is 0 Å². The largest absolute Gasteiger partial charge is 0.469 e. The summed E-state index contributed by atoms with van der Waals surface area (Å²) in [6, 6.07) is 5.83. The Morgan fingerprint density at radius 2 is 2.05 bits per heavy atom. The zero-order valence-electron chi connectivity index (χ0n) is 10.7. The van der Waals surface area contributed by atoms with Crippen LogP contribution in [0.3, 0.4) is 0 Å². The van der Waals surface area contributed by atoms with Gasteiger partial charge in [0.15, 0.2) is 0 Å². The maximum Gasteiger partial charge on any atom is 0.416 e. The standard InChI is InChI=1S/C13H11F3N2O3/c14-13(15,16)9-3-4-11(12(8-9)18(19)20)17-6-5-10-2-1-7-21-10/h1-4,7-8,17H,5-6H2. The molecule has 0 saturated heterocycles. The van der Waals surface area contributed by atoms with Crippen molar-refractivity contribution in [2.75, 3.05) is 11.9 Å². The minimum absolute atomic E-state index is 0.0413. The van der Waals surface area contributed by atoms with Crippen LogP contribution in [0.4, 0.5) is 24.5 Å². The average molecular weight is 300 g/mol. The lowest BCUT2D eigenvalue weighted by molar-refractivity contribution is -0.384. The molecule has 0 aliphatic heterocycles. The molecule has 8 heteroatoms. The molecule has 1 heterocycles. The van der Waals surface area contributed by atoms with E-state index < -0.39 is 22.4 Å². The summed E-state index contributed by atoms with van der Waals surface area (Å²) in [6.07, 6.45) is -2.65. The summed E-state index contributed by atoms with van der Waals surface area (Å²) in [4.78, 5) is 10.0. The minimum Gasteiger partial charge on any atom is -0.469 e. The third kappa shape index (κ3) is 3.74. The summed E-state index contributed by atoms with van der Waals surface area (Å²) in [7, 11) is 0. The van der Waals surface area contributed by atoms with E-state index in [4.69, 9.17) is 4.42 Å². The number of hydrogen-bond donors (Lipinski definition) is 1. The van der Waals surface area contributed by atoms with E-state index in [1.807, 2.05) is 0 Å². The molecule has 21 heavy (non-hydrogen) atoms. The lowest BCUT2D eigenvalue weighted by Crippen LogP contribution is -2.09. The molecule has 0 radical (unpaired) electrons. The Bertz CT molecular complexity index is 624. The first-order chi connectivity index (χ1) is 9.88. The maximum atomic E-state index is 12.5. The Hall–Kier alpha value is -2.51. The van der Waals surface area contributed by atoms with Crippen molar-refractivity contribution in [3.63, 3.8) is 0 Å². The van der Waals surface area contributed by atoms with Gasteiger partial charge in [0.25, 0.3) is 5.69 Å². The van der Waals surface area contributed by atoms with Crippen molar-refractivity contribution in [3.8, 4) is 0 Å². The number of anilines is 1. The third-order valence-corrected chi connectivity index (χ3v) is 2.79. The van der Waals surface area contributed by atoms with Crippen LogP contribution in [0.1, 0.15) is 11.3 Å². The zero-order chi connectivity index (χ0) is 15.5. The molecule has 0 spiro atoms. The number of furan rings is 1. The number of benzene rings is 1. The van der Waals surface area contributed by atoms with Crippen molar-refractivity contribution in [1.82, 2.24) is 0 Å². The van der Waals surface area contributed by atoms with Crippen molar-refractivity contribution < 1.29 is 22.5 Å². The lowest BCUT2D eigenvalue weighted by atomic mass is 10.1. The van der Waals surface area contributed by atoms with E-state index in [0.717, 1.165) is 12.1 Å². The van der Waals surface area contributed by atoms with E-state index in [1.165, 1.54) is 6.26 Å². The SMILES string of the molecule is O=[N+]([O-])c1cc(C(F)(F)F)ccc1NCCc1ccco1. The molecule has 0 fully saturated rings. The first kappa shape index (κ1) is 14.9. The van der Waals surface area contributed by atoms with Crippen molar-refractivity contribution in [2.45, 2.75) is 12.6 Å². The molecule has 0 amide bonds. The smallest absolute Gasteiger partial charge is 0.416 e. The summed E-state index contributed by atoms with van der Waals surface area (Å²) in [6.45, 7) is 0.305. The number of rotatable bonds is 5. The predicted molar refractivity (Wildman–Crippen MR) is 69.0 cm³/mol. The molecule has 112 valence electrons. The number of nitro benzene ring substituents is 1. The highest BCUT2D eigenvalue weighted by atomic mass is 19.4. The van der Waals surface area contributed by atoms with Crippen LogP contribution < -0.4 is 5.32 Å². The molecule has 0 bridgehead atoms. The molecule has 2 rings (SSSR count). The van der Waals surface area contributed by atoms with Gasteiger partial charge in [-0.25, -0.2) is 0 Å². The van der Waals surface area contributed by atoms with Crippen molar-refractivity contribution in [3.05, 3.63) is 58.0 Å². The fourth-order valence-corrected chi connectivity index (χ4v) is 1.78. The molecule has 2 aromatic rings. The Balaban J connectivity index is 2.13. The van der Waals surface area contributed by atoms with Gasteiger partial charge in [-0.05, 0) is 24.3 Å². The normalized spacial score (nSPS) is 11.4. The second kappa shape index (κ2) is 5.86. The first-order valence-electron chi connectivity index (χ1n) is 6.00. The van der Waals surface area contributed by atoms with E-state index in [9.17, 15) is 23.3 Å². The summed E-state index contributed by atoms with van der Waals surface area (Å²) in [5, 5.41) is 13.6. The van der Waals surface area contributed by atoms with Crippen LogP contribution in [-0.2, 0) is 12.6 Å². The number of nitrogens with one attached hydrogen (secondary N) is 1. The van der Waals surface area contributed by atoms with Gasteiger partial charge in [0.1, 0.15) is 11.4 Å². The van der Waals surface area contributed by atoms with Gasteiger partial charge in [-0.1, -0.05) is 0 Å². The van der Waals surface area contributed by atoms with E-state index >= 15 is 0 Å². The molecule has 1 N–H and O–H groups in total. The first-order valence-corrected chi connectivity index (χ1v) is 6.00. The van der Waals surface area contributed by atoms with Gasteiger partial charge in [0, 0.05) is 19.0 Å². The number of hydrogen-bond acceptors (Lipinski definition) is 4. The highest BCUT2D eigenvalue weighted by Gasteiger charge is 2.32. The maximum absolute atomic E-state index is 12.5. The summed E-state index contributed by atoms with van der Waals surface area (Å²) >= 11 is 0. The van der Waals surface area contributed by atoms with E-state index in [1.54, 1.807) is 12.1 Å². The van der Waals surface area contributed by atoms with Crippen LogP contribution in [0.25, 0.3) is 0 Å². The van der Waals surface area contributed by atoms with Crippen LogP contribution in [0.15, 0.2) is 41.0 Å². The van der Waals surface area contributed by atoms with Gasteiger partial charge in [0.2, 0.25) is 0 Å². The molecule has 0 atom stereocenters. The molecule has 1 aromatic heterocycles. The Morgan fingerprint density at radius 1 is 1.29 bits per heavy atom. The van der Waals surface area contributed by atoms with E-state index in [-0.39, 0.29) is 5.69 Å². The zero-order valence-corrected chi connectivity index (χ0v) is 10.7. The molecule has 0 saturated carbocycles. The fraction of sp³-hybridized carbons (Fsp3) is 0.231. The predicted octanol–water partition coefficient (Wildman–Crippen LogP) is 3.86. The van der Waals surface area contributed by atoms with Crippen molar-refractivity contribution in [1.29, 1.82) is 0 Å². The number of halogens is 3. The van der Waals surface area contributed by atoms with Crippen LogP contribution in [0, 0.1) is 10.1 Å². The van der Waals surface area contributed by atoms with Crippen LogP contribution in [-0.4, -0.2) is 11.5 Å². The third-order valence-electron chi connectivity index (χ3n) is 2.79.